The number of nitrogens with one attached hydrogen (secondary N) is 1. The van der Waals surface area contributed by atoms with Gasteiger partial charge in [0.05, 0.1) is 5.54 Å². The minimum absolute atomic E-state index is 0.0694. The topological polar surface area (TPSA) is 24.9 Å². The average Bonchev–Trinajstić information content (AvgIpc) is 2.97. The van der Waals surface area contributed by atoms with E-state index < -0.39 is 0 Å². The van der Waals surface area contributed by atoms with Gasteiger partial charge in [-0.25, -0.2) is 4.98 Å². The highest BCUT2D eigenvalue weighted by Crippen LogP contribution is 2.30. The molecular weight excluding hydrogens is 272 g/mol. The maximum atomic E-state index is 4.40. The molecule has 0 saturated carbocycles. The number of rotatable bonds is 4. The highest BCUT2D eigenvalue weighted by molar-refractivity contribution is 7.12. The summed E-state index contributed by atoms with van der Waals surface area (Å²) in [5.74, 6) is 0. The lowest BCUT2D eigenvalue weighted by Crippen LogP contribution is -2.35. The first-order valence-corrected chi connectivity index (χ1v) is 8.23. The quantitative estimate of drug-likeness (QED) is 0.896. The van der Waals surface area contributed by atoms with Crippen molar-refractivity contribution >= 4 is 22.7 Å². The lowest BCUT2D eigenvalue weighted by molar-refractivity contribution is 0.401. The minimum atomic E-state index is -0.0694. The van der Waals surface area contributed by atoms with Crippen LogP contribution in [0.25, 0.3) is 0 Å². The van der Waals surface area contributed by atoms with Gasteiger partial charge >= 0.3 is 0 Å². The molecule has 2 heterocycles. The van der Waals surface area contributed by atoms with Crippen LogP contribution in [-0.4, -0.2) is 4.98 Å². The minimum Gasteiger partial charge on any atom is -0.301 e. The van der Waals surface area contributed by atoms with Crippen LogP contribution < -0.4 is 5.32 Å². The number of thiophene rings is 1. The van der Waals surface area contributed by atoms with Gasteiger partial charge in [0, 0.05) is 27.9 Å². The van der Waals surface area contributed by atoms with E-state index in [9.17, 15) is 0 Å². The molecule has 0 bridgehead atoms. The van der Waals surface area contributed by atoms with Gasteiger partial charge in [-0.1, -0.05) is 20.8 Å². The third-order valence-electron chi connectivity index (χ3n) is 3.07. The van der Waals surface area contributed by atoms with Crippen LogP contribution in [0.5, 0.6) is 0 Å². The smallest absolute Gasteiger partial charge is 0.112 e. The third-order valence-corrected chi connectivity index (χ3v) is 5.68. The molecule has 0 aromatic carbocycles. The summed E-state index contributed by atoms with van der Waals surface area (Å²) in [4.78, 5) is 7.23. The van der Waals surface area contributed by atoms with Crippen molar-refractivity contribution in [1.82, 2.24) is 10.3 Å². The van der Waals surface area contributed by atoms with E-state index in [1.54, 1.807) is 11.3 Å². The molecule has 0 atom stereocenters. The first-order valence-electron chi connectivity index (χ1n) is 6.53. The monoisotopic (exact) mass is 294 g/mol. The van der Waals surface area contributed by atoms with Crippen molar-refractivity contribution in [2.45, 2.75) is 52.1 Å². The number of aromatic nitrogens is 1. The van der Waals surface area contributed by atoms with Crippen molar-refractivity contribution in [3.8, 4) is 0 Å². The van der Waals surface area contributed by atoms with Crippen LogP contribution in [0.3, 0.4) is 0 Å². The van der Waals surface area contributed by atoms with Crippen molar-refractivity contribution in [3.05, 3.63) is 38.5 Å². The molecule has 2 aromatic rings. The molecule has 0 aliphatic carbocycles. The number of thiazole rings is 1. The zero-order valence-electron chi connectivity index (χ0n) is 12.3. The molecule has 0 saturated heterocycles. The SMILES string of the molecule is CC(C)(C)c1ccc(CNC(C)(C)c2nccs2)s1. The summed E-state index contributed by atoms with van der Waals surface area (Å²) in [6, 6.07) is 4.48. The Bertz CT molecular complexity index is 519. The van der Waals surface area contributed by atoms with Crippen LogP contribution >= 0.6 is 22.7 Å². The molecule has 104 valence electrons. The molecule has 0 spiro atoms. The van der Waals surface area contributed by atoms with Gasteiger partial charge in [0.1, 0.15) is 5.01 Å². The summed E-state index contributed by atoms with van der Waals surface area (Å²) in [6.45, 7) is 12.0. The third kappa shape index (κ3) is 3.65. The van der Waals surface area contributed by atoms with Crippen molar-refractivity contribution < 1.29 is 0 Å². The van der Waals surface area contributed by atoms with Gasteiger partial charge in [0.2, 0.25) is 0 Å². The molecule has 0 aliphatic heterocycles. The summed E-state index contributed by atoms with van der Waals surface area (Å²) in [5.41, 5.74) is 0.174. The zero-order chi connectivity index (χ0) is 14.1. The van der Waals surface area contributed by atoms with E-state index in [1.807, 2.05) is 22.9 Å². The second-order valence-corrected chi connectivity index (χ2v) is 8.39. The van der Waals surface area contributed by atoms with E-state index in [0.717, 1.165) is 11.6 Å². The van der Waals surface area contributed by atoms with E-state index in [2.05, 4.69) is 57.1 Å². The Hall–Kier alpha value is -0.710. The normalized spacial score (nSPS) is 12.9. The predicted octanol–water partition coefficient (Wildman–Crippen LogP) is 4.53. The molecule has 2 nitrogen and oxygen atoms in total. The Morgan fingerprint density at radius 1 is 1.16 bits per heavy atom. The zero-order valence-corrected chi connectivity index (χ0v) is 13.9. The van der Waals surface area contributed by atoms with Crippen molar-refractivity contribution in [2.24, 2.45) is 0 Å². The van der Waals surface area contributed by atoms with Crippen LogP contribution in [0.2, 0.25) is 0 Å². The van der Waals surface area contributed by atoms with Gasteiger partial charge in [0.15, 0.2) is 0 Å². The molecule has 0 unspecified atom stereocenters. The summed E-state index contributed by atoms with van der Waals surface area (Å²) in [5, 5.41) is 6.77. The molecule has 4 heteroatoms. The average molecular weight is 294 g/mol. The fourth-order valence-electron chi connectivity index (χ4n) is 1.79. The number of hydrogen-bond donors (Lipinski definition) is 1. The summed E-state index contributed by atoms with van der Waals surface area (Å²) >= 11 is 3.60. The second-order valence-electron chi connectivity index (χ2n) is 6.33. The maximum Gasteiger partial charge on any atom is 0.112 e. The molecule has 0 amide bonds. The standard InChI is InChI=1S/C15H22N2S2/c1-14(2,3)12-7-6-11(19-12)10-17-15(4,5)13-16-8-9-18-13/h6-9,17H,10H2,1-5H3. The van der Waals surface area contributed by atoms with Crippen LogP contribution in [0.15, 0.2) is 23.7 Å². The van der Waals surface area contributed by atoms with Crippen LogP contribution in [-0.2, 0) is 17.5 Å². The Morgan fingerprint density at radius 2 is 1.89 bits per heavy atom. The van der Waals surface area contributed by atoms with Gasteiger partial charge in [-0.15, -0.1) is 22.7 Å². The van der Waals surface area contributed by atoms with Crippen molar-refractivity contribution in [2.75, 3.05) is 0 Å². The van der Waals surface area contributed by atoms with Crippen LogP contribution in [0.1, 0.15) is 49.4 Å². The largest absolute Gasteiger partial charge is 0.301 e. The Labute approximate surface area is 123 Å². The van der Waals surface area contributed by atoms with Gasteiger partial charge in [-0.2, -0.15) is 0 Å². The highest BCUT2D eigenvalue weighted by atomic mass is 32.1. The van der Waals surface area contributed by atoms with Crippen molar-refractivity contribution in [3.63, 3.8) is 0 Å². The highest BCUT2D eigenvalue weighted by Gasteiger charge is 2.23. The van der Waals surface area contributed by atoms with Crippen LogP contribution in [0.4, 0.5) is 0 Å². The van der Waals surface area contributed by atoms with Crippen LogP contribution in [0, 0.1) is 0 Å². The molecule has 19 heavy (non-hydrogen) atoms. The fourth-order valence-corrected chi connectivity index (χ4v) is 3.54. The van der Waals surface area contributed by atoms with E-state index in [0.29, 0.717) is 0 Å². The Morgan fingerprint density at radius 3 is 2.42 bits per heavy atom. The van der Waals surface area contributed by atoms with E-state index in [-0.39, 0.29) is 11.0 Å². The van der Waals surface area contributed by atoms with Gasteiger partial charge in [-0.05, 0) is 31.4 Å². The maximum absolute atomic E-state index is 4.40. The summed E-state index contributed by atoms with van der Waals surface area (Å²) < 4.78 is 0. The molecule has 1 N–H and O–H groups in total. The first-order chi connectivity index (χ1) is 8.79. The van der Waals surface area contributed by atoms with Gasteiger partial charge < -0.3 is 5.32 Å². The van der Waals surface area contributed by atoms with Crippen molar-refractivity contribution in [1.29, 1.82) is 0 Å². The molecular formula is C15H22N2S2. The van der Waals surface area contributed by atoms with E-state index in [1.165, 1.54) is 9.75 Å². The first kappa shape index (κ1) is 14.7. The molecule has 0 fully saturated rings. The van der Waals surface area contributed by atoms with E-state index in [4.69, 9.17) is 0 Å². The fraction of sp³-hybridized carbons (Fsp3) is 0.533. The molecule has 2 rings (SSSR count). The van der Waals surface area contributed by atoms with Gasteiger partial charge in [-0.3, -0.25) is 0 Å². The lowest BCUT2D eigenvalue weighted by atomic mass is 9.95. The lowest BCUT2D eigenvalue weighted by Gasteiger charge is -2.23. The summed E-state index contributed by atoms with van der Waals surface area (Å²) in [7, 11) is 0. The Balaban J connectivity index is 2.01. The summed E-state index contributed by atoms with van der Waals surface area (Å²) in [6.07, 6.45) is 1.87. The number of hydrogen-bond acceptors (Lipinski definition) is 4. The molecule has 2 aromatic heterocycles. The van der Waals surface area contributed by atoms with Gasteiger partial charge in [0.25, 0.3) is 0 Å². The molecule has 0 radical (unpaired) electrons. The Kier molecular flexibility index (Phi) is 4.14. The second kappa shape index (κ2) is 5.35. The van der Waals surface area contributed by atoms with E-state index >= 15 is 0 Å². The molecule has 0 aliphatic rings. The number of nitrogens with zero attached hydrogens (tertiary/aromatic N) is 1. The predicted molar refractivity (Wildman–Crippen MR) is 85.0 cm³/mol.